The molecule has 5 heterocycles. The van der Waals surface area contributed by atoms with Gasteiger partial charge in [-0.15, -0.1) is 0 Å². The quantitative estimate of drug-likeness (QED) is 0.127. The predicted molar refractivity (Wildman–Crippen MR) is 188 cm³/mol. The number of esters is 1. The number of fused-ring (bicyclic) bond motifs is 4. The maximum Gasteiger partial charge on any atom is 0.310 e. The molecular weight excluding hydrogens is 614 g/mol. The Morgan fingerprint density at radius 2 is 1.14 bits per heavy atom. The first-order chi connectivity index (χ1) is 24.1. The highest BCUT2D eigenvalue weighted by Gasteiger charge is 2.35. The lowest BCUT2D eigenvalue weighted by Gasteiger charge is -2.36. The van der Waals surface area contributed by atoms with Gasteiger partial charge in [0.25, 0.3) is 0 Å². The number of carbonyl (C=O) groups excluding carboxylic acids is 1. The summed E-state index contributed by atoms with van der Waals surface area (Å²) >= 11 is 0. The Labute approximate surface area is 281 Å². The number of nitrogens with one attached hydrogen (secondary N) is 4. The smallest absolute Gasteiger partial charge is 0.310 e. The number of para-hydroxylation sites is 8. The second kappa shape index (κ2) is 12.3. The van der Waals surface area contributed by atoms with Gasteiger partial charge >= 0.3 is 5.97 Å². The third-order valence-corrected chi connectivity index (χ3v) is 9.56. The molecule has 0 radical (unpaired) electrons. The Hall–Kier alpha value is -5.81. The number of H-pyrrole nitrogens is 4. The van der Waals surface area contributed by atoms with Gasteiger partial charge in [-0.2, -0.15) is 0 Å². The molecule has 49 heavy (non-hydrogen) atoms. The molecule has 0 spiro atoms. The Morgan fingerprint density at radius 1 is 0.653 bits per heavy atom. The van der Waals surface area contributed by atoms with Crippen LogP contribution >= 0.6 is 0 Å². The summed E-state index contributed by atoms with van der Waals surface area (Å²) in [6.45, 7) is 1.37. The fraction of sp³-hybridized carbons (Fsp3) is 0.237. The molecule has 4 aromatic carbocycles. The van der Waals surface area contributed by atoms with Crippen molar-refractivity contribution in [1.82, 2.24) is 44.8 Å². The van der Waals surface area contributed by atoms with Crippen LogP contribution in [-0.4, -0.2) is 63.8 Å². The van der Waals surface area contributed by atoms with Crippen molar-refractivity contribution >= 4 is 50.1 Å². The highest BCUT2D eigenvalue weighted by Crippen LogP contribution is 2.32. The molecule has 0 aliphatic carbocycles. The molecule has 1 fully saturated rings. The molecule has 4 aromatic heterocycles. The van der Waals surface area contributed by atoms with Gasteiger partial charge in [0.15, 0.2) is 6.10 Å². The van der Waals surface area contributed by atoms with E-state index in [1.807, 2.05) is 97.1 Å². The van der Waals surface area contributed by atoms with Crippen molar-refractivity contribution in [3.05, 3.63) is 120 Å². The molecule has 0 amide bonds. The third kappa shape index (κ3) is 5.82. The van der Waals surface area contributed by atoms with Crippen LogP contribution in [0.3, 0.4) is 0 Å². The number of aromatic amines is 4. The Balaban J connectivity index is 0.998. The molecule has 1 aliphatic rings. The second-order valence-corrected chi connectivity index (χ2v) is 12.9. The van der Waals surface area contributed by atoms with Crippen LogP contribution in [0.15, 0.2) is 97.1 Å². The lowest BCUT2D eigenvalue weighted by Crippen LogP contribution is -2.42. The number of hydrogen-bond acceptors (Lipinski definition) is 7. The number of piperidine rings is 1. The van der Waals surface area contributed by atoms with Crippen molar-refractivity contribution in [3.63, 3.8) is 0 Å². The topological polar surface area (TPSA) is 144 Å². The van der Waals surface area contributed by atoms with Gasteiger partial charge in [0.05, 0.1) is 62.5 Å². The molecule has 1 saturated heterocycles. The minimum absolute atomic E-state index is 0.120. The number of benzene rings is 4. The number of hydrogen-bond donors (Lipinski definition) is 4. The van der Waals surface area contributed by atoms with Crippen molar-refractivity contribution in [3.8, 4) is 0 Å². The lowest BCUT2D eigenvalue weighted by molar-refractivity contribution is -0.157. The number of ether oxygens (including phenoxy) is 1. The average molecular weight is 650 g/mol. The summed E-state index contributed by atoms with van der Waals surface area (Å²) in [6.07, 6.45) is 1.94. The molecule has 11 nitrogen and oxygen atoms in total. The normalized spacial score (nSPS) is 16.9. The van der Waals surface area contributed by atoms with E-state index in [0.29, 0.717) is 25.2 Å². The van der Waals surface area contributed by atoms with Crippen LogP contribution in [0, 0.1) is 5.92 Å². The molecule has 244 valence electrons. The fourth-order valence-electron chi connectivity index (χ4n) is 7.13. The first-order valence-electron chi connectivity index (χ1n) is 16.8. The largest absolute Gasteiger partial charge is 0.453 e. The van der Waals surface area contributed by atoms with Gasteiger partial charge in [0, 0.05) is 13.0 Å². The number of aromatic nitrogens is 8. The van der Waals surface area contributed by atoms with E-state index in [1.54, 1.807) is 0 Å². The number of carbonyl (C=O) groups is 1. The van der Waals surface area contributed by atoms with Gasteiger partial charge in [-0.3, -0.25) is 9.69 Å². The van der Waals surface area contributed by atoms with Crippen molar-refractivity contribution < 1.29 is 9.53 Å². The van der Waals surface area contributed by atoms with E-state index in [2.05, 4.69) is 24.8 Å². The van der Waals surface area contributed by atoms with E-state index in [-0.39, 0.29) is 17.9 Å². The van der Waals surface area contributed by atoms with E-state index < -0.39 is 6.10 Å². The second-order valence-electron chi connectivity index (χ2n) is 12.9. The van der Waals surface area contributed by atoms with Crippen LogP contribution in [0.4, 0.5) is 0 Å². The molecule has 4 N–H and O–H groups in total. The van der Waals surface area contributed by atoms with Crippen LogP contribution in [-0.2, 0) is 22.4 Å². The summed E-state index contributed by atoms with van der Waals surface area (Å²) in [4.78, 5) is 49.8. The van der Waals surface area contributed by atoms with E-state index >= 15 is 0 Å². The minimum atomic E-state index is -0.641. The van der Waals surface area contributed by atoms with E-state index in [9.17, 15) is 4.79 Å². The zero-order valence-corrected chi connectivity index (χ0v) is 26.8. The van der Waals surface area contributed by atoms with Crippen molar-refractivity contribution in [2.24, 2.45) is 5.92 Å². The standard InChI is InChI=1S/C38H35N9O2/c48-38(49-33(37-45-30-17-7-8-18-31(30)46-37)21-35-41-26-13-3-4-14-27(26)42-35)23-10-9-19-47(22-23)32(36-43-28-15-5-6-16-29(28)44-36)20-34-39-24-11-1-2-12-25(24)40-34/h1-8,11-18,23,32-33H,9-10,19-22H2,(H,39,40)(H,41,42)(H,43,44)(H,45,46). The highest BCUT2D eigenvalue weighted by atomic mass is 16.5. The first kappa shape index (κ1) is 29.3. The van der Waals surface area contributed by atoms with E-state index in [0.717, 1.165) is 81.0 Å². The minimum Gasteiger partial charge on any atom is -0.453 e. The molecule has 11 heteroatoms. The van der Waals surface area contributed by atoms with Gasteiger partial charge < -0.3 is 24.7 Å². The van der Waals surface area contributed by atoms with Crippen molar-refractivity contribution in [2.75, 3.05) is 13.1 Å². The predicted octanol–water partition coefficient (Wildman–Crippen LogP) is 6.71. The molecule has 9 rings (SSSR count). The molecule has 8 aromatic rings. The van der Waals surface area contributed by atoms with E-state index in [4.69, 9.17) is 24.7 Å². The Kier molecular flexibility index (Phi) is 7.38. The summed E-state index contributed by atoms with van der Waals surface area (Å²) in [7, 11) is 0. The van der Waals surface area contributed by atoms with Crippen LogP contribution < -0.4 is 0 Å². The lowest BCUT2D eigenvalue weighted by atomic mass is 9.95. The molecule has 0 bridgehead atoms. The third-order valence-electron chi connectivity index (χ3n) is 9.56. The van der Waals surface area contributed by atoms with E-state index in [1.165, 1.54) is 0 Å². The monoisotopic (exact) mass is 649 g/mol. The summed E-state index contributed by atoms with van der Waals surface area (Å²) in [5, 5.41) is 0. The molecule has 0 saturated carbocycles. The SMILES string of the molecule is O=C(OC(Cc1nc2ccccc2[nH]1)c1nc2ccccc2[nH]1)C1CCCN(C(Cc2nc3ccccc3[nH]2)c2nc3ccccc3[nH]2)C1. The highest BCUT2D eigenvalue weighted by molar-refractivity contribution is 5.77. The maximum atomic E-state index is 14.1. The first-order valence-corrected chi connectivity index (χ1v) is 16.8. The van der Waals surface area contributed by atoms with Crippen LogP contribution in [0.1, 0.15) is 48.3 Å². The summed E-state index contributed by atoms with van der Waals surface area (Å²) in [5.74, 6) is 2.53. The van der Waals surface area contributed by atoms with Gasteiger partial charge in [-0.25, -0.2) is 19.9 Å². The van der Waals surface area contributed by atoms with Gasteiger partial charge in [-0.1, -0.05) is 48.5 Å². The van der Waals surface area contributed by atoms with Crippen molar-refractivity contribution in [2.45, 2.75) is 37.8 Å². The van der Waals surface area contributed by atoms with Gasteiger partial charge in [0.2, 0.25) is 0 Å². The number of rotatable bonds is 9. The summed E-state index contributed by atoms with van der Waals surface area (Å²) in [6, 6.07) is 31.8. The maximum absolute atomic E-state index is 14.1. The Morgan fingerprint density at radius 3 is 1.71 bits per heavy atom. The number of nitrogens with zero attached hydrogens (tertiary/aromatic N) is 5. The zero-order chi connectivity index (χ0) is 32.7. The van der Waals surface area contributed by atoms with Crippen molar-refractivity contribution in [1.29, 1.82) is 0 Å². The average Bonchev–Trinajstić information content (AvgIpc) is 3.93. The Bertz CT molecular complexity index is 2290. The van der Waals surface area contributed by atoms with Crippen LogP contribution in [0.5, 0.6) is 0 Å². The summed E-state index contributed by atoms with van der Waals surface area (Å²) in [5.41, 5.74) is 7.37. The number of likely N-dealkylation sites (tertiary alicyclic amines) is 1. The zero-order valence-electron chi connectivity index (χ0n) is 26.8. The van der Waals surface area contributed by atoms with Gasteiger partial charge in [-0.05, 0) is 67.9 Å². The molecular formula is C38H35N9O2. The van der Waals surface area contributed by atoms with Crippen LogP contribution in [0.25, 0.3) is 44.1 Å². The fourth-order valence-corrected chi connectivity index (χ4v) is 7.13. The summed E-state index contributed by atoms with van der Waals surface area (Å²) < 4.78 is 6.38. The molecule has 1 aliphatic heterocycles. The molecule has 3 unspecified atom stereocenters. The number of imidazole rings is 4. The van der Waals surface area contributed by atoms with Gasteiger partial charge in [0.1, 0.15) is 23.3 Å². The molecule has 3 atom stereocenters. The van der Waals surface area contributed by atoms with Crippen LogP contribution in [0.2, 0.25) is 0 Å².